The van der Waals surface area contributed by atoms with Crippen LogP contribution in [0.25, 0.3) is 6.08 Å². The van der Waals surface area contributed by atoms with Gasteiger partial charge in [0.25, 0.3) is 0 Å². The van der Waals surface area contributed by atoms with E-state index in [9.17, 15) is 0 Å². The molecular weight excluding hydrogens is 268 g/mol. The Morgan fingerprint density at radius 1 is 1.33 bits per heavy atom. The lowest BCUT2D eigenvalue weighted by Crippen LogP contribution is -1.89. The van der Waals surface area contributed by atoms with E-state index in [0.717, 1.165) is 11.8 Å². The second-order valence-corrected chi connectivity index (χ2v) is 5.07. The Morgan fingerprint density at radius 3 is 2.60 bits per heavy atom. The van der Waals surface area contributed by atoms with Crippen LogP contribution in [0.15, 0.2) is 23.8 Å². The van der Waals surface area contributed by atoms with Crippen LogP contribution < -0.4 is 0 Å². The van der Waals surface area contributed by atoms with Crippen molar-refractivity contribution in [3.8, 4) is 0 Å². The van der Waals surface area contributed by atoms with E-state index in [0.29, 0.717) is 0 Å². The van der Waals surface area contributed by atoms with E-state index in [1.54, 1.807) is 11.8 Å². The Hall–Kier alpha value is -0.210. The first-order chi connectivity index (χ1) is 7.22. The number of halogens is 1. The summed E-state index contributed by atoms with van der Waals surface area (Å²) in [5, 5.41) is 0.970. The van der Waals surface area contributed by atoms with Gasteiger partial charge < -0.3 is 0 Å². The highest BCUT2D eigenvalue weighted by Crippen LogP contribution is 2.28. The van der Waals surface area contributed by atoms with Gasteiger partial charge in [-0.15, -0.1) is 0 Å². The maximum absolute atomic E-state index is 3.51. The molecule has 0 atom stereocenters. The average Bonchev–Trinajstić information content (AvgIpc) is 2.58. The van der Waals surface area contributed by atoms with Crippen molar-refractivity contribution in [3.63, 3.8) is 0 Å². The van der Waals surface area contributed by atoms with Gasteiger partial charge in [0, 0.05) is 5.33 Å². The number of benzene rings is 1. The molecular formula is C13H17BrS. The fourth-order valence-electron chi connectivity index (χ4n) is 1.73. The molecule has 1 aliphatic carbocycles. The molecule has 0 aliphatic heterocycles. The zero-order chi connectivity index (χ0) is 11.3. The van der Waals surface area contributed by atoms with Crippen molar-refractivity contribution in [1.29, 1.82) is 0 Å². The molecule has 1 aliphatic rings. The molecule has 1 aromatic rings. The summed E-state index contributed by atoms with van der Waals surface area (Å²) in [6.45, 7) is 2.19. The van der Waals surface area contributed by atoms with Crippen molar-refractivity contribution >= 4 is 33.8 Å². The highest BCUT2D eigenvalue weighted by Gasteiger charge is 2.11. The maximum Gasteiger partial charge on any atom is 0.0286 e. The summed E-state index contributed by atoms with van der Waals surface area (Å²) in [5.74, 6) is 0. The van der Waals surface area contributed by atoms with Crippen molar-refractivity contribution in [1.82, 2.24) is 0 Å². The second-order valence-electron chi connectivity index (χ2n) is 3.69. The van der Waals surface area contributed by atoms with Gasteiger partial charge in [0.15, 0.2) is 0 Å². The quantitative estimate of drug-likeness (QED) is 0.684. The minimum Gasteiger partial charge on any atom is -0.169 e. The minimum atomic E-state index is 0.970. The molecule has 0 amide bonds. The molecule has 15 heavy (non-hydrogen) atoms. The highest BCUT2D eigenvalue weighted by atomic mass is 79.9. The van der Waals surface area contributed by atoms with Crippen LogP contribution in [0.5, 0.6) is 0 Å². The third kappa shape index (κ3) is 3.39. The summed E-state index contributed by atoms with van der Waals surface area (Å²) in [4.78, 5) is 0. The number of hydrogen-bond donors (Lipinski definition) is 0. The topological polar surface area (TPSA) is 0 Å². The van der Waals surface area contributed by atoms with Crippen LogP contribution in [0.3, 0.4) is 0 Å². The van der Waals surface area contributed by atoms with Gasteiger partial charge in [-0.05, 0) is 42.5 Å². The van der Waals surface area contributed by atoms with Crippen molar-refractivity contribution < 1.29 is 0 Å². The van der Waals surface area contributed by atoms with Gasteiger partial charge in [0.05, 0.1) is 0 Å². The van der Waals surface area contributed by atoms with E-state index >= 15 is 0 Å². The number of hydrogen-bond acceptors (Lipinski definition) is 1. The smallest absolute Gasteiger partial charge is 0.0286 e. The summed E-state index contributed by atoms with van der Waals surface area (Å²) in [6.07, 6.45) is 7.50. The van der Waals surface area contributed by atoms with E-state index < -0.39 is 0 Å². The van der Waals surface area contributed by atoms with Gasteiger partial charge in [-0.2, -0.15) is 11.8 Å². The molecule has 2 heteroatoms. The highest BCUT2D eigenvalue weighted by molar-refractivity contribution is 9.08. The van der Waals surface area contributed by atoms with Gasteiger partial charge in [0.2, 0.25) is 0 Å². The van der Waals surface area contributed by atoms with Crippen LogP contribution in [0, 0.1) is 0 Å². The van der Waals surface area contributed by atoms with Crippen LogP contribution >= 0.6 is 27.7 Å². The van der Waals surface area contributed by atoms with Crippen LogP contribution in [0.1, 0.15) is 23.6 Å². The summed E-state index contributed by atoms with van der Waals surface area (Å²) >= 11 is 5.26. The lowest BCUT2D eigenvalue weighted by Gasteiger charge is -2.04. The van der Waals surface area contributed by atoms with Crippen LogP contribution in [0.4, 0.5) is 0 Å². The molecule has 82 valence electrons. The number of allylic oxidation sites excluding steroid dienone is 1. The largest absolute Gasteiger partial charge is 0.169 e. The Kier molecular flexibility index (Phi) is 5.48. The van der Waals surface area contributed by atoms with Gasteiger partial charge >= 0.3 is 0 Å². The molecule has 0 aromatic heterocycles. The lowest BCUT2D eigenvalue weighted by molar-refractivity contribution is 1.16. The normalized spacial score (nSPS) is 12.7. The first kappa shape index (κ1) is 12.9. The Bertz CT molecular complexity index is 356. The van der Waals surface area contributed by atoms with Crippen molar-refractivity contribution in [2.45, 2.75) is 18.7 Å². The fraction of sp³-hybridized carbons (Fsp3) is 0.385. The molecule has 0 unspecified atom stereocenters. The zero-order valence-electron chi connectivity index (χ0n) is 9.51. The molecule has 0 bridgehead atoms. The van der Waals surface area contributed by atoms with Gasteiger partial charge in [-0.1, -0.05) is 45.8 Å². The van der Waals surface area contributed by atoms with E-state index in [2.05, 4.69) is 47.1 Å². The molecule has 0 heterocycles. The molecule has 0 saturated heterocycles. The third-order valence-corrected chi connectivity index (χ3v) is 2.91. The lowest BCUT2D eigenvalue weighted by atomic mass is 10.0. The standard InChI is InChI=1S/C11H11Br.C2H6S/c1-8-5-9-3-2-4-10(7-12)11(9)6-8;1-3-2/h2-5H,6-7H2,1H3;1-2H3. The summed E-state index contributed by atoms with van der Waals surface area (Å²) in [6, 6.07) is 6.52. The molecule has 0 radical (unpaired) electrons. The molecule has 1 aromatic carbocycles. The SMILES string of the molecule is CC1=Cc2cccc(CBr)c2C1.CSC. The van der Waals surface area contributed by atoms with E-state index in [1.165, 1.54) is 22.3 Å². The molecule has 0 fully saturated rings. The summed E-state index contributed by atoms with van der Waals surface area (Å²) in [5.41, 5.74) is 5.82. The van der Waals surface area contributed by atoms with Crippen LogP contribution in [-0.2, 0) is 11.8 Å². The second kappa shape index (κ2) is 6.39. The first-order valence-electron chi connectivity index (χ1n) is 4.97. The van der Waals surface area contributed by atoms with E-state index in [1.807, 2.05) is 12.5 Å². The molecule has 0 N–H and O–H groups in total. The molecule has 0 saturated carbocycles. The zero-order valence-corrected chi connectivity index (χ0v) is 11.9. The Morgan fingerprint density at radius 2 is 2.00 bits per heavy atom. The maximum atomic E-state index is 3.51. The number of fused-ring (bicyclic) bond motifs is 1. The molecule has 0 spiro atoms. The predicted octanol–water partition coefficient (Wildman–Crippen LogP) is 4.52. The Balaban J connectivity index is 0.000000337. The predicted molar refractivity (Wildman–Crippen MR) is 75.9 cm³/mol. The minimum absolute atomic E-state index is 0.970. The van der Waals surface area contributed by atoms with Gasteiger partial charge in [-0.25, -0.2) is 0 Å². The van der Waals surface area contributed by atoms with E-state index in [4.69, 9.17) is 0 Å². The van der Waals surface area contributed by atoms with Crippen LogP contribution in [0.2, 0.25) is 0 Å². The van der Waals surface area contributed by atoms with Crippen molar-refractivity contribution in [2.24, 2.45) is 0 Å². The number of alkyl halides is 1. The summed E-state index contributed by atoms with van der Waals surface area (Å²) in [7, 11) is 0. The number of thioether (sulfide) groups is 1. The number of rotatable bonds is 1. The van der Waals surface area contributed by atoms with Crippen LogP contribution in [-0.4, -0.2) is 12.5 Å². The average molecular weight is 285 g/mol. The first-order valence-corrected chi connectivity index (χ1v) is 7.72. The summed E-state index contributed by atoms with van der Waals surface area (Å²) < 4.78 is 0. The van der Waals surface area contributed by atoms with Crippen molar-refractivity contribution in [2.75, 3.05) is 12.5 Å². The van der Waals surface area contributed by atoms with E-state index in [-0.39, 0.29) is 0 Å². The molecule has 2 rings (SSSR count). The fourth-order valence-corrected chi connectivity index (χ4v) is 2.25. The van der Waals surface area contributed by atoms with Gasteiger partial charge in [-0.3, -0.25) is 0 Å². The van der Waals surface area contributed by atoms with Gasteiger partial charge in [0.1, 0.15) is 0 Å². The molecule has 0 nitrogen and oxygen atoms in total. The third-order valence-electron chi connectivity index (χ3n) is 2.31. The van der Waals surface area contributed by atoms with Crippen molar-refractivity contribution in [3.05, 3.63) is 40.5 Å². The monoisotopic (exact) mass is 284 g/mol. The Labute approximate surface area is 105 Å².